The molecule has 0 saturated carbocycles. The van der Waals surface area contributed by atoms with Gasteiger partial charge in [-0.25, -0.2) is 0 Å². The van der Waals surface area contributed by atoms with Gasteiger partial charge in [0.15, 0.2) is 5.01 Å². The molecule has 0 bridgehead atoms. The molecular weight excluding hydrogens is 452 g/mol. The van der Waals surface area contributed by atoms with Gasteiger partial charge in [-0.15, -0.1) is 10.2 Å². The largest absolute Gasteiger partial charge is 0.486 e. The summed E-state index contributed by atoms with van der Waals surface area (Å²) in [7, 11) is 0. The number of anilines is 1. The van der Waals surface area contributed by atoms with E-state index in [-0.39, 0.29) is 23.6 Å². The topological polar surface area (TPSA) is 102 Å². The Kier molecular flexibility index (Phi) is 7.31. The molecule has 2 amide bonds. The molecule has 3 aromatic rings. The molecule has 0 radical (unpaired) electrons. The Bertz CT molecular complexity index is 1080. The van der Waals surface area contributed by atoms with Crippen molar-refractivity contribution >= 4 is 40.4 Å². The van der Waals surface area contributed by atoms with E-state index in [0.717, 1.165) is 30.8 Å². The van der Waals surface area contributed by atoms with Crippen LogP contribution in [0.25, 0.3) is 0 Å². The molecule has 1 atom stereocenters. The van der Waals surface area contributed by atoms with Crippen molar-refractivity contribution in [2.75, 3.05) is 18.5 Å². The van der Waals surface area contributed by atoms with E-state index in [2.05, 4.69) is 20.8 Å². The van der Waals surface area contributed by atoms with E-state index >= 15 is 0 Å². The van der Waals surface area contributed by atoms with Crippen LogP contribution < -0.4 is 15.4 Å². The van der Waals surface area contributed by atoms with Crippen LogP contribution in [0.4, 0.5) is 5.69 Å². The number of nitrogens with one attached hydrogen (secondary N) is 2. The monoisotopic (exact) mass is 472 g/mol. The molecule has 2 N–H and O–H groups in total. The molecule has 1 aliphatic heterocycles. The Morgan fingerprint density at radius 1 is 1.16 bits per heavy atom. The van der Waals surface area contributed by atoms with Crippen LogP contribution >= 0.6 is 22.9 Å². The van der Waals surface area contributed by atoms with Gasteiger partial charge in [0.1, 0.15) is 12.4 Å². The number of hydrogen-bond acceptors (Lipinski definition) is 7. The van der Waals surface area contributed by atoms with Crippen molar-refractivity contribution in [2.24, 2.45) is 0 Å². The third kappa shape index (κ3) is 6.03. The first-order valence-corrected chi connectivity index (χ1v) is 11.3. The number of aromatic nitrogens is 2. The lowest BCUT2D eigenvalue weighted by Crippen LogP contribution is -2.31. The molecule has 0 unspecified atom stereocenters. The number of nitrogens with zero attached hydrogens (tertiary/aromatic N) is 2. The number of amides is 2. The second kappa shape index (κ2) is 10.5. The fraction of sp³-hybridized carbons (Fsp3) is 0.273. The Hall–Kier alpha value is -3.01. The summed E-state index contributed by atoms with van der Waals surface area (Å²) in [6, 6.07) is 13.7. The maximum Gasteiger partial charge on any atom is 0.286 e. The quantitative estimate of drug-likeness (QED) is 0.515. The van der Waals surface area contributed by atoms with Gasteiger partial charge in [-0.2, -0.15) is 0 Å². The van der Waals surface area contributed by atoms with Gasteiger partial charge in [0.25, 0.3) is 11.8 Å². The van der Waals surface area contributed by atoms with Crippen LogP contribution in [0.5, 0.6) is 5.75 Å². The smallest absolute Gasteiger partial charge is 0.286 e. The number of ether oxygens (including phenoxy) is 2. The van der Waals surface area contributed by atoms with Crippen LogP contribution in [0, 0.1) is 0 Å². The molecule has 1 aliphatic rings. The highest BCUT2D eigenvalue weighted by molar-refractivity contribution is 7.13. The molecule has 2 heterocycles. The van der Waals surface area contributed by atoms with Crippen molar-refractivity contribution in [1.82, 2.24) is 15.5 Å². The normalized spacial score (nSPS) is 15.3. The summed E-state index contributed by atoms with van der Waals surface area (Å²) in [6.07, 6.45) is 2.03. The van der Waals surface area contributed by atoms with Gasteiger partial charge in [0, 0.05) is 29.4 Å². The maximum absolute atomic E-state index is 12.5. The lowest BCUT2D eigenvalue weighted by Gasteiger charge is -2.11. The Balaban J connectivity index is 1.31. The van der Waals surface area contributed by atoms with Crippen molar-refractivity contribution in [3.63, 3.8) is 0 Å². The minimum absolute atomic E-state index is 0.0668. The first-order valence-electron chi connectivity index (χ1n) is 10.1. The van der Waals surface area contributed by atoms with Crippen molar-refractivity contribution in [3.8, 4) is 5.75 Å². The number of carbonyl (C=O) groups excluding carboxylic acids is 2. The van der Waals surface area contributed by atoms with E-state index in [0.29, 0.717) is 33.6 Å². The van der Waals surface area contributed by atoms with Crippen molar-refractivity contribution in [2.45, 2.75) is 25.6 Å². The van der Waals surface area contributed by atoms with E-state index in [9.17, 15) is 9.59 Å². The zero-order chi connectivity index (χ0) is 22.3. The standard InChI is InChI=1S/C22H21ClN4O4S/c23-15-6-8-17(9-7-15)31-13-19-26-27-22(32-19)21(29)25-16-4-1-3-14(11-16)20(28)24-12-18-5-2-10-30-18/h1,3-4,6-9,11,18H,2,5,10,12-13H2,(H,24,28)(H,25,29)/t18-/m0/s1. The predicted octanol–water partition coefficient (Wildman–Crippen LogP) is 3.93. The number of carbonyl (C=O) groups is 2. The Morgan fingerprint density at radius 3 is 2.78 bits per heavy atom. The molecule has 0 spiro atoms. The van der Waals surface area contributed by atoms with Crippen molar-refractivity contribution in [3.05, 3.63) is 69.1 Å². The molecule has 1 aromatic heterocycles. The summed E-state index contributed by atoms with van der Waals surface area (Å²) in [6.45, 7) is 1.40. The molecule has 10 heteroatoms. The van der Waals surface area contributed by atoms with Crippen molar-refractivity contribution in [1.29, 1.82) is 0 Å². The van der Waals surface area contributed by atoms with Crippen LogP contribution in [0.1, 0.15) is 38.0 Å². The lowest BCUT2D eigenvalue weighted by molar-refractivity contribution is 0.0857. The summed E-state index contributed by atoms with van der Waals surface area (Å²) in [5.74, 6) is 0.0245. The van der Waals surface area contributed by atoms with Gasteiger partial charge in [0.05, 0.1) is 6.10 Å². The van der Waals surface area contributed by atoms with Crippen LogP contribution in [-0.2, 0) is 11.3 Å². The molecule has 166 valence electrons. The van der Waals surface area contributed by atoms with Crippen LogP contribution in [0.3, 0.4) is 0 Å². The summed E-state index contributed by atoms with van der Waals surface area (Å²) < 4.78 is 11.1. The molecule has 2 aromatic carbocycles. The van der Waals surface area contributed by atoms with Crippen LogP contribution in [0.2, 0.25) is 5.02 Å². The molecule has 1 fully saturated rings. The van der Waals surface area contributed by atoms with E-state index < -0.39 is 5.91 Å². The number of rotatable bonds is 8. The highest BCUT2D eigenvalue weighted by Crippen LogP contribution is 2.19. The summed E-state index contributed by atoms with van der Waals surface area (Å²) in [5, 5.41) is 14.9. The van der Waals surface area contributed by atoms with Gasteiger partial charge < -0.3 is 20.1 Å². The Morgan fingerprint density at radius 2 is 2.00 bits per heavy atom. The van der Waals surface area contributed by atoms with Crippen LogP contribution in [-0.4, -0.2) is 41.3 Å². The highest BCUT2D eigenvalue weighted by atomic mass is 35.5. The molecule has 0 aliphatic carbocycles. The lowest BCUT2D eigenvalue weighted by atomic mass is 10.1. The third-order valence-corrected chi connectivity index (χ3v) is 5.88. The van der Waals surface area contributed by atoms with Gasteiger partial charge in [-0.05, 0) is 55.3 Å². The minimum Gasteiger partial charge on any atom is -0.486 e. The Labute approximate surface area is 193 Å². The number of hydrogen-bond donors (Lipinski definition) is 2. The second-order valence-corrected chi connectivity index (χ2v) is 8.62. The van der Waals surface area contributed by atoms with E-state index in [4.69, 9.17) is 21.1 Å². The van der Waals surface area contributed by atoms with E-state index in [1.165, 1.54) is 0 Å². The SMILES string of the molecule is O=C(NC[C@@H]1CCCO1)c1cccc(NC(=O)c2nnc(COc3ccc(Cl)cc3)s2)c1. The van der Waals surface area contributed by atoms with E-state index in [1.54, 1.807) is 48.5 Å². The first kappa shape index (κ1) is 22.2. The average Bonchev–Trinajstić information content (AvgIpc) is 3.49. The zero-order valence-corrected chi connectivity index (χ0v) is 18.6. The number of halogens is 1. The molecule has 1 saturated heterocycles. The highest BCUT2D eigenvalue weighted by Gasteiger charge is 2.18. The zero-order valence-electron chi connectivity index (χ0n) is 17.0. The molecule has 8 nitrogen and oxygen atoms in total. The fourth-order valence-electron chi connectivity index (χ4n) is 3.12. The maximum atomic E-state index is 12.5. The van der Waals surface area contributed by atoms with E-state index in [1.807, 2.05) is 0 Å². The summed E-state index contributed by atoms with van der Waals surface area (Å²) >= 11 is 6.99. The van der Waals surface area contributed by atoms with Gasteiger partial charge in [0.2, 0.25) is 5.01 Å². The van der Waals surface area contributed by atoms with Gasteiger partial charge in [-0.1, -0.05) is 29.0 Å². The molecule has 4 rings (SSSR count). The third-order valence-electron chi connectivity index (χ3n) is 4.73. The molecular formula is C22H21ClN4O4S. The van der Waals surface area contributed by atoms with Crippen LogP contribution in [0.15, 0.2) is 48.5 Å². The second-order valence-electron chi connectivity index (χ2n) is 7.12. The molecule has 32 heavy (non-hydrogen) atoms. The minimum atomic E-state index is -0.405. The van der Waals surface area contributed by atoms with Crippen molar-refractivity contribution < 1.29 is 19.1 Å². The predicted molar refractivity (Wildman–Crippen MR) is 121 cm³/mol. The first-order chi connectivity index (χ1) is 15.6. The number of benzene rings is 2. The average molecular weight is 473 g/mol. The summed E-state index contributed by atoms with van der Waals surface area (Å²) in [5.41, 5.74) is 0.948. The van der Waals surface area contributed by atoms with Gasteiger partial charge >= 0.3 is 0 Å². The summed E-state index contributed by atoms with van der Waals surface area (Å²) in [4.78, 5) is 24.9. The van der Waals surface area contributed by atoms with Gasteiger partial charge in [-0.3, -0.25) is 9.59 Å². The fourth-order valence-corrected chi connectivity index (χ4v) is 3.89.